The first-order valence-electron chi connectivity index (χ1n) is 9.78. The van der Waals surface area contributed by atoms with Crippen molar-refractivity contribution in [2.45, 2.75) is 18.9 Å². The minimum atomic E-state index is -0.324. The molecule has 1 aromatic heterocycles. The Morgan fingerprint density at radius 3 is 2.62 bits per heavy atom. The number of nitrogens with zero attached hydrogens (tertiary/aromatic N) is 1. The maximum absolute atomic E-state index is 12.9. The Balaban J connectivity index is 1.63. The molecule has 1 saturated heterocycles. The predicted molar refractivity (Wildman–Crippen MR) is 107 cm³/mol. The van der Waals surface area contributed by atoms with Gasteiger partial charge in [0, 0.05) is 42.1 Å². The van der Waals surface area contributed by atoms with Crippen LogP contribution in [0.15, 0.2) is 36.4 Å². The van der Waals surface area contributed by atoms with Crippen molar-refractivity contribution < 1.29 is 19.1 Å². The molecule has 29 heavy (non-hydrogen) atoms. The molecule has 1 saturated carbocycles. The molecular formula is C22H25N3O4. The van der Waals surface area contributed by atoms with Gasteiger partial charge in [-0.1, -0.05) is 19.1 Å². The van der Waals surface area contributed by atoms with E-state index in [1.807, 2.05) is 31.2 Å². The zero-order chi connectivity index (χ0) is 20.5. The van der Waals surface area contributed by atoms with Crippen LogP contribution in [0.1, 0.15) is 44.9 Å². The average molecular weight is 395 g/mol. The van der Waals surface area contributed by atoms with Crippen molar-refractivity contribution >= 4 is 11.8 Å². The lowest BCUT2D eigenvalue weighted by molar-refractivity contribution is 0.0928. The number of benzene rings is 1. The van der Waals surface area contributed by atoms with Crippen LogP contribution >= 0.6 is 0 Å². The molecule has 0 bridgehead atoms. The molecule has 7 heteroatoms. The number of pyridine rings is 1. The average Bonchev–Trinajstić information content (AvgIpc) is 3.17. The van der Waals surface area contributed by atoms with E-state index in [4.69, 9.17) is 9.47 Å². The monoisotopic (exact) mass is 395 g/mol. The van der Waals surface area contributed by atoms with Crippen molar-refractivity contribution in [3.8, 4) is 5.75 Å². The molecule has 0 unspecified atom stereocenters. The number of rotatable bonds is 6. The molecule has 1 aliphatic carbocycles. The lowest BCUT2D eigenvalue weighted by Crippen LogP contribution is -2.30. The van der Waals surface area contributed by atoms with Gasteiger partial charge in [0.2, 0.25) is 0 Å². The molecule has 1 aliphatic heterocycles. The van der Waals surface area contributed by atoms with Gasteiger partial charge < -0.3 is 20.1 Å². The first-order valence-corrected chi connectivity index (χ1v) is 9.78. The Labute approximate surface area is 169 Å². The van der Waals surface area contributed by atoms with E-state index in [1.165, 1.54) is 0 Å². The van der Waals surface area contributed by atoms with Gasteiger partial charge in [-0.2, -0.15) is 0 Å². The highest BCUT2D eigenvalue weighted by atomic mass is 16.5. The number of hydrogen-bond acceptors (Lipinski definition) is 5. The summed E-state index contributed by atoms with van der Waals surface area (Å²) >= 11 is 0. The third kappa shape index (κ3) is 3.82. The van der Waals surface area contributed by atoms with E-state index >= 15 is 0 Å². The Bertz CT molecular complexity index is 935. The fraction of sp³-hybridized carbons (Fsp3) is 0.409. The minimum Gasteiger partial charge on any atom is -0.497 e. The number of amides is 2. The van der Waals surface area contributed by atoms with Crippen LogP contribution in [-0.4, -0.2) is 50.2 Å². The Hall–Kier alpha value is -2.93. The van der Waals surface area contributed by atoms with Crippen molar-refractivity contribution in [2.75, 3.05) is 27.4 Å². The summed E-state index contributed by atoms with van der Waals surface area (Å²) in [5.41, 5.74) is 2.31. The normalized spacial score (nSPS) is 23.1. The fourth-order valence-corrected chi connectivity index (χ4v) is 3.92. The van der Waals surface area contributed by atoms with Crippen molar-refractivity contribution in [3.05, 3.63) is 58.9 Å². The quantitative estimate of drug-likeness (QED) is 0.781. The summed E-state index contributed by atoms with van der Waals surface area (Å²) in [5, 5.41) is 5.67. The molecule has 1 aromatic carbocycles. The van der Waals surface area contributed by atoms with Gasteiger partial charge in [-0.3, -0.25) is 9.59 Å². The van der Waals surface area contributed by atoms with Crippen LogP contribution in [0.25, 0.3) is 0 Å². The number of carbonyl (C=O) groups is 2. The number of fused-ring (bicyclic) bond motifs is 1. The van der Waals surface area contributed by atoms with Crippen LogP contribution in [0, 0.1) is 11.8 Å². The molecule has 2 aromatic rings. The van der Waals surface area contributed by atoms with Gasteiger partial charge in [-0.25, -0.2) is 4.98 Å². The largest absolute Gasteiger partial charge is 0.497 e. The third-order valence-corrected chi connectivity index (χ3v) is 5.85. The molecule has 152 valence electrons. The van der Waals surface area contributed by atoms with E-state index in [1.54, 1.807) is 26.3 Å². The molecule has 7 nitrogen and oxygen atoms in total. The van der Waals surface area contributed by atoms with Crippen molar-refractivity contribution in [3.63, 3.8) is 0 Å². The minimum absolute atomic E-state index is 0.116. The standard InChI is InChI=1S/C22H25N3O4/c1-12(13-5-4-6-15(7-13)28-3)18-8-14(9-19(24-18)22(27)23-2)21(26)25-20-16-10-29-11-17(16)20/h4-9,12,16-17,20H,10-11H2,1-3H3,(H,23,27)(H,25,26)/t12-,16-,17+,20+/m1/s1. The summed E-state index contributed by atoms with van der Waals surface area (Å²) in [7, 11) is 3.17. The molecule has 2 aliphatic rings. The maximum Gasteiger partial charge on any atom is 0.269 e. The van der Waals surface area contributed by atoms with Crippen LogP contribution in [0.5, 0.6) is 5.75 Å². The maximum atomic E-state index is 12.9. The molecule has 0 spiro atoms. The van der Waals surface area contributed by atoms with Gasteiger partial charge in [0.25, 0.3) is 11.8 Å². The highest BCUT2D eigenvalue weighted by molar-refractivity contribution is 5.99. The molecule has 2 heterocycles. The smallest absolute Gasteiger partial charge is 0.269 e. The first-order chi connectivity index (χ1) is 14.0. The van der Waals surface area contributed by atoms with Gasteiger partial charge in [-0.15, -0.1) is 0 Å². The lowest BCUT2D eigenvalue weighted by Gasteiger charge is -2.16. The Morgan fingerprint density at radius 1 is 1.17 bits per heavy atom. The summed E-state index contributed by atoms with van der Waals surface area (Å²) < 4.78 is 10.7. The topological polar surface area (TPSA) is 89.6 Å². The zero-order valence-electron chi connectivity index (χ0n) is 16.8. The molecule has 4 rings (SSSR count). The van der Waals surface area contributed by atoms with E-state index in [9.17, 15) is 9.59 Å². The van der Waals surface area contributed by atoms with Crippen LogP contribution < -0.4 is 15.4 Å². The number of ether oxygens (including phenoxy) is 2. The number of carbonyl (C=O) groups excluding carboxylic acids is 2. The van der Waals surface area contributed by atoms with Gasteiger partial charge in [0.15, 0.2) is 0 Å². The molecular weight excluding hydrogens is 370 g/mol. The first kappa shape index (κ1) is 19.4. The zero-order valence-corrected chi connectivity index (χ0v) is 16.8. The summed E-state index contributed by atoms with van der Waals surface area (Å²) in [5.74, 6) is 0.947. The highest BCUT2D eigenvalue weighted by Crippen LogP contribution is 2.44. The van der Waals surface area contributed by atoms with Gasteiger partial charge >= 0.3 is 0 Å². The number of methoxy groups -OCH3 is 1. The fourth-order valence-electron chi connectivity index (χ4n) is 3.92. The van der Waals surface area contributed by atoms with Crippen molar-refractivity contribution in [1.82, 2.24) is 15.6 Å². The molecule has 2 amide bonds. The summed E-state index contributed by atoms with van der Waals surface area (Å²) in [6.07, 6.45) is 0. The van der Waals surface area contributed by atoms with E-state index in [0.29, 0.717) is 36.3 Å². The molecule has 2 N–H and O–H groups in total. The van der Waals surface area contributed by atoms with Gasteiger partial charge in [-0.05, 0) is 29.8 Å². The highest BCUT2D eigenvalue weighted by Gasteiger charge is 2.54. The van der Waals surface area contributed by atoms with Gasteiger partial charge in [0.1, 0.15) is 11.4 Å². The molecule has 2 fully saturated rings. The number of aromatic nitrogens is 1. The Morgan fingerprint density at radius 2 is 1.93 bits per heavy atom. The van der Waals surface area contributed by atoms with E-state index in [2.05, 4.69) is 15.6 Å². The van der Waals surface area contributed by atoms with E-state index in [-0.39, 0.29) is 29.5 Å². The summed E-state index contributed by atoms with van der Waals surface area (Å²) in [6.45, 7) is 3.40. The van der Waals surface area contributed by atoms with E-state index in [0.717, 1.165) is 11.3 Å². The Kier molecular flexibility index (Phi) is 5.24. The molecule has 0 radical (unpaired) electrons. The third-order valence-electron chi connectivity index (χ3n) is 5.85. The summed E-state index contributed by atoms with van der Waals surface area (Å²) in [4.78, 5) is 29.6. The number of hydrogen-bond donors (Lipinski definition) is 2. The van der Waals surface area contributed by atoms with Crippen LogP contribution in [0.3, 0.4) is 0 Å². The summed E-state index contributed by atoms with van der Waals surface area (Å²) in [6, 6.07) is 11.2. The lowest BCUT2D eigenvalue weighted by atomic mass is 9.95. The van der Waals surface area contributed by atoms with Gasteiger partial charge in [0.05, 0.1) is 20.3 Å². The van der Waals surface area contributed by atoms with Crippen molar-refractivity contribution in [1.29, 1.82) is 0 Å². The SMILES string of the molecule is CNC(=O)c1cc(C(=O)N[C@H]2[C@@H]3COC[C@@H]32)cc([C@H](C)c2cccc(OC)c2)n1. The van der Waals surface area contributed by atoms with Crippen LogP contribution in [0.4, 0.5) is 0 Å². The van der Waals surface area contributed by atoms with E-state index < -0.39 is 0 Å². The second-order valence-electron chi connectivity index (χ2n) is 7.61. The van der Waals surface area contributed by atoms with Crippen LogP contribution in [0.2, 0.25) is 0 Å². The van der Waals surface area contributed by atoms with Crippen LogP contribution in [-0.2, 0) is 4.74 Å². The second-order valence-corrected chi connectivity index (χ2v) is 7.61. The predicted octanol–water partition coefficient (Wildman–Crippen LogP) is 1.98. The number of nitrogens with one attached hydrogen (secondary N) is 2. The molecule has 4 atom stereocenters. The second kappa shape index (κ2) is 7.83. The van der Waals surface area contributed by atoms with Crippen molar-refractivity contribution in [2.24, 2.45) is 11.8 Å².